The van der Waals surface area contributed by atoms with Crippen LogP contribution in [-0.2, 0) is 13.5 Å². The summed E-state index contributed by atoms with van der Waals surface area (Å²) in [6.45, 7) is 0. The fraction of sp³-hybridized carbons (Fsp3) is 0.333. The Bertz CT molecular complexity index is 969. The zero-order valence-corrected chi connectivity index (χ0v) is 13.6. The summed E-state index contributed by atoms with van der Waals surface area (Å²) in [6, 6.07) is 5.19. The average molecular weight is 361 g/mol. The van der Waals surface area contributed by atoms with Gasteiger partial charge in [-0.25, -0.2) is 4.68 Å². The smallest absolute Gasteiger partial charge is 0.315 e. The number of alkyl halides is 2. The lowest BCUT2D eigenvalue weighted by molar-refractivity contribution is 0.0921. The van der Waals surface area contributed by atoms with Gasteiger partial charge in [0.1, 0.15) is 0 Å². The topological polar surface area (TPSA) is 112 Å². The molecule has 1 aliphatic rings. The van der Waals surface area contributed by atoms with Gasteiger partial charge in [-0.15, -0.1) is 5.10 Å². The molecule has 0 saturated carbocycles. The fourth-order valence-electron chi connectivity index (χ4n) is 2.99. The van der Waals surface area contributed by atoms with Gasteiger partial charge in [0.15, 0.2) is 0 Å². The van der Waals surface area contributed by atoms with Crippen LogP contribution >= 0.6 is 0 Å². The number of hydrogen-bond donors (Lipinski definition) is 1. The molecule has 26 heavy (non-hydrogen) atoms. The van der Waals surface area contributed by atoms with Gasteiger partial charge in [0.25, 0.3) is 11.8 Å². The zero-order valence-electron chi connectivity index (χ0n) is 13.6. The van der Waals surface area contributed by atoms with Gasteiger partial charge in [-0.1, -0.05) is 17.3 Å². The molecule has 1 atom stereocenters. The van der Waals surface area contributed by atoms with Crippen molar-refractivity contribution in [3.05, 3.63) is 41.0 Å². The number of aromatic nitrogens is 6. The Balaban J connectivity index is 1.54. The van der Waals surface area contributed by atoms with Crippen molar-refractivity contribution >= 4 is 5.91 Å². The molecule has 0 spiro atoms. The van der Waals surface area contributed by atoms with Crippen molar-refractivity contribution in [2.45, 2.75) is 25.3 Å². The summed E-state index contributed by atoms with van der Waals surface area (Å²) in [6.07, 6.45) is -1.37. The van der Waals surface area contributed by atoms with Gasteiger partial charge in [0.2, 0.25) is 11.6 Å². The van der Waals surface area contributed by atoms with Crippen LogP contribution in [0.3, 0.4) is 0 Å². The fourth-order valence-corrected chi connectivity index (χ4v) is 2.99. The summed E-state index contributed by atoms with van der Waals surface area (Å²) >= 11 is 0. The third-order valence-electron chi connectivity index (χ3n) is 4.24. The molecule has 2 heterocycles. The molecule has 1 unspecified atom stereocenters. The third-order valence-corrected chi connectivity index (χ3v) is 4.24. The summed E-state index contributed by atoms with van der Waals surface area (Å²) < 4.78 is 31.0. The van der Waals surface area contributed by atoms with Crippen LogP contribution in [0.5, 0.6) is 0 Å². The monoisotopic (exact) mass is 361 g/mol. The highest BCUT2D eigenvalue weighted by Crippen LogP contribution is 2.34. The average Bonchev–Trinajstić information content (AvgIpc) is 3.34. The number of hydrogen-bond acceptors (Lipinski definition) is 7. The van der Waals surface area contributed by atoms with E-state index in [9.17, 15) is 13.6 Å². The van der Waals surface area contributed by atoms with E-state index >= 15 is 0 Å². The summed E-state index contributed by atoms with van der Waals surface area (Å²) in [5.41, 5.74) is 2.53. The zero-order chi connectivity index (χ0) is 18.3. The van der Waals surface area contributed by atoms with E-state index in [2.05, 4.69) is 35.5 Å². The second kappa shape index (κ2) is 6.24. The van der Waals surface area contributed by atoms with E-state index in [0.717, 1.165) is 17.5 Å². The molecule has 0 aliphatic heterocycles. The lowest BCUT2D eigenvalue weighted by Gasteiger charge is -2.13. The Hall–Kier alpha value is -3.24. The maximum Gasteiger partial charge on any atom is 0.315 e. The minimum atomic E-state index is -2.81. The number of halogens is 2. The first-order chi connectivity index (χ1) is 12.5. The van der Waals surface area contributed by atoms with Crippen LogP contribution in [0.1, 0.15) is 46.5 Å². The van der Waals surface area contributed by atoms with Crippen LogP contribution < -0.4 is 5.32 Å². The number of benzene rings is 1. The van der Waals surface area contributed by atoms with Gasteiger partial charge in [-0.3, -0.25) is 4.79 Å². The van der Waals surface area contributed by atoms with Gasteiger partial charge >= 0.3 is 6.43 Å². The number of aryl methyl sites for hydroxylation is 2. The van der Waals surface area contributed by atoms with Crippen LogP contribution in [0.2, 0.25) is 0 Å². The first-order valence-electron chi connectivity index (χ1n) is 7.81. The number of fused-ring (bicyclic) bond motifs is 1. The Morgan fingerprint density at radius 2 is 2.27 bits per heavy atom. The molecule has 1 aromatic carbocycles. The highest BCUT2D eigenvalue weighted by Gasteiger charge is 2.27. The van der Waals surface area contributed by atoms with E-state index in [1.54, 1.807) is 13.1 Å². The minimum Gasteiger partial charge on any atom is -0.342 e. The van der Waals surface area contributed by atoms with Gasteiger partial charge in [0.05, 0.1) is 6.04 Å². The molecule has 1 N–H and O–H groups in total. The van der Waals surface area contributed by atoms with Crippen molar-refractivity contribution in [3.63, 3.8) is 0 Å². The number of carbonyl (C=O) groups is 1. The summed E-state index contributed by atoms with van der Waals surface area (Å²) in [4.78, 5) is 16.0. The normalized spacial score (nSPS) is 16.1. The summed E-state index contributed by atoms with van der Waals surface area (Å²) in [5, 5.41) is 17.3. The largest absolute Gasteiger partial charge is 0.342 e. The van der Waals surface area contributed by atoms with Gasteiger partial charge < -0.3 is 9.84 Å². The van der Waals surface area contributed by atoms with Crippen molar-refractivity contribution in [1.29, 1.82) is 0 Å². The summed E-state index contributed by atoms with van der Waals surface area (Å²) in [7, 11) is 1.59. The van der Waals surface area contributed by atoms with Crippen LogP contribution in [0.4, 0.5) is 8.78 Å². The first kappa shape index (κ1) is 16.2. The molecular formula is C15H13F2N7O2. The van der Waals surface area contributed by atoms with E-state index < -0.39 is 12.3 Å². The highest BCUT2D eigenvalue weighted by molar-refractivity contribution is 5.90. The van der Waals surface area contributed by atoms with Crippen molar-refractivity contribution in [3.8, 4) is 11.4 Å². The highest BCUT2D eigenvalue weighted by atomic mass is 19.3. The second-order valence-electron chi connectivity index (χ2n) is 5.86. The molecule has 11 heteroatoms. The second-order valence-corrected chi connectivity index (χ2v) is 5.86. The Morgan fingerprint density at radius 3 is 2.96 bits per heavy atom. The van der Waals surface area contributed by atoms with E-state index in [4.69, 9.17) is 0 Å². The lowest BCUT2D eigenvalue weighted by Crippen LogP contribution is -2.29. The van der Waals surface area contributed by atoms with Crippen molar-refractivity contribution in [2.24, 2.45) is 7.05 Å². The van der Waals surface area contributed by atoms with Crippen LogP contribution in [-0.4, -0.2) is 36.3 Å². The van der Waals surface area contributed by atoms with Crippen LogP contribution in [0.25, 0.3) is 11.4 Å². The molecule has 2 aromatic heterocycles. The SMILES string of the molecule is Cn1nnnc1C(=O)NC1CCc2cc(-c3noc(C(F)F)n3)ccc21. The number of nitrogens with zero attached hydrogens (tertiary/aromatic N) is 6. The van der Waals surface area contributed by atoms with Gasteiger partial charge in [-0.05, 0) is 40.5 Å². The predicted molar refractivity (Wildman–Crippen MR) is 82.0 cm³/mol. The maximum absolute atomic E-state index is 12.6. The standard InChI is InChI=1S/C15H13F2N7O2/c1-24-13(20-22-23-24)14(25)18-10-5-3-7-6-8(2-4-9(7)10)12-19-15(11(16)17)26-21-12/h2,4,6,10-11H,3,5H2,1H3,(H,18,25). The molecule has 4 rings (SSSR count). The number of carbonyl (C=O) groups excluding carboxylic acids is 1. The van der Waals surface area contributed by atoms with Gasteiger partial charge in [-0.2, -0.15) is 13.8 Å². The predicted octanol–water partition coefficient (Wildman–Crippen LogP) is 1.61. The third kappa shape index (κ3) is 2.80. The quantitative estimate of drug-likeness (QED) is 0.751. The number of nitrogens with one attached hydrogen (secondary N) is 1. The molecule has 3 aromatic rings. The number of tetrazole rings is 1. The molecule has 0 saturated heterocycles. The number of rotatable bonds is 4. The first-order valence-corrected chi connectivity index (χ1v) is 7.81. The molecule has 1 amide bonds. The molecule has 0 bridgehead atoms. The van der Waals surface area contributed by atoms with Crippen LogP contribution in [0, 0.1) is 0 Å². The van der Waals surface area contributed by atoms with Gasteiger partial charge in [0, 0.05) is 12.6 Å². The minimum absolute atomic E-state index is 0.112. The van der Waals surface area contributed by atoms with E-state index in [1.807, 2.05) is 12.1 Å². The summed E-state index contributed by atoms with van der Waals surface area (Å²) in [5.74, 6) is -0.829. The molecule has 0 radical (unpaired) electrons. The van der Waals surface area contributed by atoms with E-state index in [1.165, 1.54) is 4.68 Å². The van der Waals surface area contributed by atoms with Crippen molar-refractivity contribution in [1.82, 2.24) is 35.7 Å². The molecule has 1 aliphatic carbocycles. The van der Waals surface area contributed by atoms with Crippen LogP contribution in [0.15, 0.2) is 22.7 Å². The lowest BCUT2D eigenvalue weighted by atomic mass is 10.0. The molecule has 9 nitrogen and oxygen atoms in total. The van der Waals surface area contributed by atoms with Crippen molar-refractivity contribution < 1.29 is 18.1 Å². The molecule has 134 valence electrons. The van der Waals surface area contributed by atoms with E-state index in [-0.39, 0.29) is 23.6 Å². The molecule has 0 fully saturated rings. The molecular weight excluding hydrogens is 348 g/mol. The van der Waals surface area contributed by atoms with Crippen molar-refractivity contribution in [2.75, 3.05) is 0 Å². The Kier molecular flexibility index (Phi) is 3.90. The Labute approximate surface area is 145 Å². The Morgan fingerprint density at radius 1 is 1.42 bits per heavy atom. The van der Waals surface area contributed by atoms with E-state index in [0.29, 0.717) is 12.0 Å². The maximum atomic E-state index is 12.6. The number of amides is 1.